The van der Waals surface area contributed by atoms with Crippen molar-refractivity contribution in [3.8, 4) is 0 Å². The average molecular weight is 232 g/mol. The number of nitrogens with zero attached hydrogens (tertiary/aromatic N) is 3. The maximum absolute atomic E-state index is 5.75. The standard InChI is InChI=1S/C11H12N4S/c1-8(12)9-2-3-10(14-6-9)16-11-4-5-13-7-15-11/h2-8H,12H2,1H3/t8-/m1/s1. The molecule has 2 aromatic rings. The zero-order valence-electron chi connectivity index (χ0n) is 8.87. The second-order valence-corrected chi connectivity index (χ2v) is 4.41. The lowest BCUT2D eigenvalue weighted by Gasteiger charge is -2.05. The molecule has 0 aromatic carbocycles. The molecule has 0 aliphatic rings. The minimum absolute atomic E-state index is 0.0191. The molecule has 82 valence electrons. The van der Waals surface area contributed by atoms with E-state index in [9.17, 15) is 0 Å². The molecule has 0 aliphatic heterocycles. The van der Waals surface area contributed by atoms with Crippen LogP contribution in [0.4, 0.5) is 0 Å². The third-order valence-corrected chi connectivity index (χ3v) is 2.95. The van der Waals surface area contributed by atoms with Gasteiger partial charge in [0, 0.05) is 18.4 Å². The largest absolute Gasteiger partial charge is 0.324 e. The molecule has 0 amide bonds. The zero-order chi connectivity index (χ0) is 11.4. The van der Waals surface area contributed by atoms with Crippen LogP contribution in [0.5, 0.6) is 0 Å². The van der Waals surface area contributed by atoms with Crippen LogP contribution < -0.4 is 5.73 Å². The third kappa shape index (κ3) is 2.77. The van der Waals surface area contributed by atoms with Gasteiger partial charge in [0.25, 0.3) is 0 Å². The predicted molar refractivity (Wildman–Crippen MR) is 63.0 cm³/mol. The van der Waals surface area contributed by atoms with Gasteiger partial charge in [-0.15, -0.1) is 0 Å². The maximum atomic E-state index is 5.75. The highest BCUT2D eigenvalue weighted by molar-refractivity contribution is 7.99. The van der Waals surface area contributed by atoms with Crippen molar-refractivity contribution in [2.45, 2.75) is 23.0 Å². The Hall–Kier alpha value is -1.46. The van der Waals surface area contributed by atoms with E-state index in [0.29, 0.717) is 0 Å². The average Bonchev–Trinajstić information content (AvgIpc) is 2.31. The Bertz CT molecular complexity index is 441. The van der Waals surface area contributed by atoms with E-state index in [0.717, 1.165) is 15.6 Å². The van der Waals surface area contributed by atoms with Gasteiger partial charge in [0.15, 0.2) is 0 Å². The molecule has 0 radical (unpaired) electrons. The van der Waals surface area contributed by atoms with E-state index in [1.165, 1.54) is 18.1 Å². The number of pyridine rings is 1. The van der Waals surface area contributed by atoms with Gasteiger partial charge in [0.2, 0.25) is 0 Å². The number of hydrogen-bond acceptors (Lipinski definition) is 5. The van der Waals surface area contributed by atoms with Crippen molar-refractivity contribution in [2.75, 3.05) is 0 Å². The number of aromatic nitrogens is 3. The van der Waals surface area contributed by atoms with E-state index in [1.807, 2.05) is 25.1 Å². The monoisotopic (exact) mass is 232 g/mol. The Balaban J connectivity index is 2.11. The highest BCUT2D eigenvalue weighted by Gasteiger charge is 2.02. The summed E-state index contributed by atoms with van der Waals surface area (Å²) in [5.74, 6) is 0. The Labute approximate surface area is 98.3 Å². The Morgan fingerprint density at radius 1 is 1.19 bits per heavy atom. The molecule has 2 aromatic heterocycles. The molecule has 0 spiro atoms. The van der Waals surface area contributed by atoms with Gasteiger partial charge >= 0.3 is 0 Å². The van der Waals surface area contributed by atoms with Gasteiger partial charge in [-0.2, -0.15) is 0 Å². The molecule has 2 N–H and O–H groups in total. The van der Waals surface area contributed by atoms with Gasteiger partial charge < -0.3 is 5.73 Å². The molecule has 0 fully saturated rings. The van der Waals surface area contributed by atoms with Crippen LogP contribution in [0, 0.1) is 0 Å². The van der Waals surface area contributed by atoms with E-state index in [1.54, 1.807) is 12.4 Å². The summed E-state index contributed by atoms with van der Waals surface area (Å²) >= 11 is 1.50. The first-order valence-corrected chi connectivity index (χ1v) is 5.73. The number of nitrogens with two attached hydrogens (primary N) is 1. The Morgan fingerprint density at radius 2 is 2.00 bits per heavy atom. The molecule has 2 rings (SSSR count). The first-order chi connectivity index (χ1) is 7.75. The van der Waals surface area contributed by atoms with E-state index in [-0.39, 0.29) is 6.04 Å². The third-order valence-electron chi connectivity index (χ3n) is 2.05. The predicted octanol–water partition coefficient (Wildman–Crippen LogP) is 2.04. The smallest absolute Gasteiger partial charge is 0.116 e. The van der Waals surface area contributed by atoms with Gasteiger partial charge in [-0.25, -0.2) is 15.0 Å². The Morgan fingerprint density at radius 3 is 2.56 bits per heavy atom. The van der Waals surface area contributed by atoms with Crippen molar-refractivity contribution in [2.24, 2.45) is 5.73 Å². The second kappa shape index (κ2) is 5.05. The molecule has 1 atom stereocenters. The van der Waals surface area contributed by atoms with Crippen LogP contribution in [0.25, 0.3) is 0 Å². The maximum Gasteiger partial charge on any atom is 0.116 e. The van der Waals surface area contributed by atoms with Crippen LogP contribution >= 0.6 is 11.8 Å². The molecule has 5 heteroatoms. The van der Waals surface area contributed by atoms with Gasteiger partial charge in [-0.05, 0) is 36.4 Å². The van der Waals surface area contributed by atoms with Crippen LogP contribution in [-0.2, 0) is 0 Å². The van der Waals surface area contributed by atoms with Gasteiger partial charge in [-0.3, -0.25) is 0 Å². The lowest BCUT2D eigenvalue weighted by Crippen LogP contribution is -2.04. The zero-order valence-corrected chi connectivity index (χ0v) is 9.69. The molecule has 0 saturated heterocycles. The van der Waals surface area contributed by atoms with Crippen LogP contribution in [0.3, 0.4) is 0 Å². The van der Waals surface area contributed by atoms with Crippen LogP contribution in [0.1, 0.15) is 18.5 Å². The highest BCUT2D eigenvalue weighted by atomic mass is 32.2. The molecule has 4 nitrogen and oxygen atoms in total. The summed E-state index contributed by atoms with van der Waals surface area (Å²) < 4.78 is 0. The fourth-order valence-electron chi connectivity index (χ4n) is 1.17. The van der Waals surface area contributed by atoms with E-state index in [4.69, 9.17) is 5.73 Å². The molecule has 16 heavy (non-hydrogen) atoms. The molecule has 0 aliphatic carbocycles. The normalized spacial score (nSPS) is 12.4. The number of rotatable bonds is 3. The van der Waals surface area contributed by atoms with Gasteiger partial charge in [0.05, 0.1) is 0 Å². The topological polar surface area (TPSA) is 64.7 Å². The summed E-state index contributed by atoms with van der Waals surface area (Å²) in [6.07, 6.45) is 5.04. The molecule has 2 heterocycles. The van der Waals surface area contributed by atoms with Crippen LogP contribution in [-0.4, -0.2) is 15.0 Å². The first-order valence-electron chi connectivity index (χ1n) is 4.91. The van der Waals surface area contributed by atoms with Crippen molar-refractivity contribution in [1.82, 2.24) is 15.0 Å². The fourth-order valence-corrected chi connectivity index (χ4v) is 1.85. The summed E-state index contributed by atoms with van der Waals surface area (Å²) in [5.41, 5.74) is 6.78. The molecular weight excluding hydrogens is 220 g/mol. The minimum atomic E-state index is 0.0191. The van der Waals surface area contributed by atoms with Gasteiger partial charge in [0.1, 0.15) is 16.4 Å². The fraction of sp³-hybridized carbons (Fsp3) is 0.182. The summed E-state index contributed by atoms with van der Waals surface area (Å²) in [6, 6.07) is 5.81. The van der Waals surface area contributed by atoms with E-state index >= 15 is 0 Å². The lowest BCUT2D eigenvalue weighted by molar-refractivity contribution is 0.806. The van der Waals surface area contributed by atoms with E-state index < -0.39 is 0 Å². The first kappa shape index (κ1) is 11.0. The molecular formula is C11H12N4S. The summed E-state index contributed by atoms with van der Waals surface area (Å²) in [5, 5.41) is 1.79. The molecule has 0 bridgehead atoms. The second-order valence-electron chi connectivity index (χ2n) is 3.37. The quantitative estimate of drug-likeness (QED) is 0.820. The van der Waals surface area contributed by atoms with Crippen LogP contribution in [0.2, 0.25) is 0 Å². The minimum Gasteiger partial charge on any atom is -0.324 e. The number of hydrogen-bond donors (Lipinski definition) is 1. The van der Waals surface area contributed by atoms with Crippen molar-refractivity contribution in [3.05, 3.63) is 42.5 Å². The van der Waals surface area contributed by atoms with Crippen LogP contribution in [0.15, 0.2) is 47.0 Å². The van der Waals surface area contributed by atoms with Crippen molar-refractivity contribution in [1.29, 1.82) is 0 Å². The van der Waals surface area contributed by atoms with E-state index in [2.05, 4.69) is 15.0 Å². The summed E-state index contributed by atoms with van der Waals surface area (Å²) in [7, 11) is 0. The Kier molecular flexibility index (Phi) is 3.48. The summed E-state index contributed by atoms with van der Waals surface area (Å²) in [4.78, 5) is 12.3. The van der Waals surface area contributed by atoms with Gasteiger partial charge in [-0.1, -0.05) is 6.07 Å². The summed E-state index contributed by atoms with van der Waals surface area (Å²) in [6.45, 7) is 1.94. The van der Waals surface area contributed by atoms with Crippen molar-refractivity contribution < 1.29 is 0 Å². The lowest BCUT2D eigenvalue weighted by atomic mass is 10.2. The van der Waals surface area contributed by atoms with Crippen molar-refractivity contribution in [3.63, 3.8) is 0 Å². The SMILES string of the molecule is C[C@@H](N)c1ccc(Sc2ccncn2)nc1. The molecule has 0 saturated carbocycles. The van der Waals surface area contributed by atoms with Crippen molar-refractivity contribution >= 4 is 11.8 Å². The highest BCUT2D eigenvalue weighted by Crippen LogP contribution is 2.23. The molecule has 0 unspecified atom stereocenters.